The summed E-state index contributed by atoms with van der Waals surface area (Å²) in [5.74, 6) is 0. The zero-order chi connectivity index (χ0) is 8.97. The minimum Gasteiger partial charge on any atom is -0.261 e. The average Bonchev–Trinajstić information content (AvgIpc) is 2.05. The second-order valence-electron chi connectivity index (χ2n) is 2.80. The predicted octanol–water partition coefficient (Wildman–Crippen LogP) is 2.02. The normalized spacial score (nSPS) is 9.42. The maximum atomic E-state index is 8.46. The molecular weight excluding hydrogens is 148 g/mol. The van der Waals surface area contributed by atoms with Crippen molar-refractivity contribution in [2.24, 2.45) is 0 Å². The van der Waals surface area contributed by atoms with E-state index in [4.69, 9.17) is 5.26 Å². The Bertz CT molecular complexity index is 310. The molecule has 0 aliphatic rings. The molecule has 1 aromatic rings. The van der Waals surface area contributed by atoms with Gasteiger partial charge < -0.3 is 0 Å². The van der Waals surface area contributed by atoms with Gasteiger partial charge in [0.1, 0.15) is 0 Å². The Kier molecular flexibility index (Phi) is 2.82. The predicted molar refractivity (Wildman–Crippen MR) is 47.7 cm³/mol. The van der Waals surface area contributed by atoms with E-state index in [1.807, 2.05) is 13.0 Å². The number of hydrogen-bond acceptors (Lipinski definition) is 2. The lowest BCUT2D eigenvalue weighted by Gasteiger charge is -2.02. The first kappa shape index (κ1) is 8.73. The Balaban J connectivity index is 2.95. The van der Waals surface area contributed by atoms with Crippen LogP contribution in [0.5, 0.6) is 0 Å². The van der Waals surface area contributed by atoms with E-state index in [0.717, 1.165) is 17.7 Å². The van der Waals surface area contributed by atoms with E-state index >= 15 is 0 Å². The van der Waals surface area contributed by atoms with Crippen molar-refractivity contribution in [1.82, 2.24) is 4.98 Å². The van der Waals surface area contributed by atoms with Crippen molar-refractivity contribution in [1.29, 1.82) is 5.26 Å². The van der Waals surface area contributed by atoms with E-state index in [1.165, 1.54) is 5.56 Å². The van der Waals surface area contributed by atoms with Gasteiger partial charge in [0.25, 0.3) is 0 Å². The monoisotopic (exact) mass is 160 g/mol. The van der Waals surface area contributed by atoms with Crippen LogP contribution < -0.4 is 0 Å². The van der Waals surface area contributed by atoms with Gasteiger partial charge in [-0.15, -0.1) is 0 Å². The highest BCUT2D eigenvalue weighted by Crippen LogP contribution is 2.08. The zero-order valence-corrected chi connectivity index (χ0v) is 7.46. The van der Waals surface area contributed by atoms with Gasteiger partial charge in [-0.2, -0.15) is 5.26 Å². The first-order valence-corrected chi connectivity index (χ1v) is 4.09. The zero-order valence-electron chi connectivity index (χ0n) is 7.46. The van der Waals surface area contributed by atoms with Crippen LogP contribution in [0.1, 0.15) is 23.7 Å². The van der Waals surface area contributed by atoms with Crippen LogP contribution in [0.25, 0.3) is 0 Å². The highest BCUT2D eigenvalue weighted by atomic mass is 14.7. The first-order valence-electron chi connectivity index (χ1n) is 4.09. The summed E-state index contributed by atoms with van der Waals surface area (Å²) < 4.78 is 0. The molecule has 0 fully saturated rings. The molecule has 0 atom stereocenters. The van der Waals surface area contributed by atoms with Crippen molar-refractivity contribution >= 4 is 0 Å². The summed E-state index contributed by atoms with van der Waals surface area (Å²) in [6, 6.07) is 4.15. The smallest absolute Gasteiger partial charge is 0.0670 e. The highest BCUT2D eigenvalue weighted by Gasteiger charge is 1.98. The summed E-state index contributed by atoms with van der Waals surface area (Å²) in [7, 11) is 0. The molecule has 62 valence electrons. The number of nitrogens with zero attached hydrogens (tertiary/aromatic N) is 2. The Morgan fingerprint density at radius 1 is 1.58 bits per heavy atom. The van der Waals surface area contributed by atoms with Gasteiger partial charge in [-0.25, -0.2) is 0 Å². The molecule has 2 heteroatoms. The molecule has 2 nitrogen and oxygen atoms in total. The quantitative estimate of drug-likeness (QED) is 0.663. The molecule has 0 saturated heterocycles. The van der Waals surface area contributed by atoms with Gasteiger partial charge in [-0.05, 0) is 24.5 Å². The standard InChI is InChI=1S/C10H12N2/c1-3-10-8(2)6-9(4-5-11)7-12-10/h6-7H,3-4H2,1-2H3. The number of nitriles is 1. The summed E-state index contributed by atoms with van der Waals surface area (Å²) in [6.07, 6.45) is 3.20. The summed E-state index contributed by atoms with van der Waals surface area (Å²) in [5.41, 5.74) is 3.31. The molecule has 0 radical (unpaired) electrons. The molecule has 1 aromatic heterocycles. The van der Waals surface area contributed by atoms with Crippen LogP contribution >= 0.6 is 0 Å². The van der Waals surface area contributed by atoms with Crippen LogP contribution in [-0.2, 0) is 12.8 Å². The number of pyridine rings is 1. The molecule has 0 aliphatic heterocycles. The van der Waals surface area contributed by atoms with Crippen molar-refractivity contribution in [3.63, 3.8) is 0 Å². The number of hydrogen-bond donors (Lipinski definition) is 0. The lowest BCUT2D eigenvalue weighted by atomic mass is 10.1. The Morgan fingerprint density at radius 3 is 2.83 bits per heavy atom. The number of rotatable bonds is 2. The summed E-state index contributed by atoms with van der Waals surface area (Å²) in [5, 5.41) is 8.46. The highest BCUT2D eigenvalue weighted by molar-refractivity contribution is 5.25. The van der Waals surface area contributed by atoms with Crippen LogP contribution in [0.4, 0.5) is 0 Å². The van der Waals surface area contributed by atoms with Crippen LogP contribution in [-0.4, -0.2) is 4.98 Å². The second-order valence-corrected chi connectivity index (χ2v) is 2.80. The minimum atomic E-state index is 0.456. The van der Waals surface area contributed by atoms with Gasteiger partial charge >= 0.3 is 0 Å². The Labute approximate surface area is 72.9 Å². The minimum absolute atomic E-state index is 0.456. The maximum Gasteiger partial charge on any atom is 0.0670 e. The van der Waals surface area contributed by atoms with Gasteiger partial charge in [0, 0.05) is 11.9 Å². The molecule has 0 N–H and O–H groups in total. The van der Waals surface area contributed by atoms with E-state index in [2.05, 4.69) is 18.0 Å². The molecule has 0 bridgehead atoms. The third-order valence-electron chi connectivity index (χ3n) is 1.86. The van der Waals surface area contributed by atoms with E-state index in [-0.39, 0.29) is 0 Å². The molecule has 12 heavy (non-hydrogen) atoms. The van der Waals surface area contributed by atoms with E-state index in [9.17, 15) is 0 Å². The van der Waals surface area contributed by atoms with Crippen molar-refractivity contribution < 1.29 is 0 Å². The summed E-state index contributed by atoms with van der Waals surface area (Å²) in [6.45, 7) is 4.12. The van der Waals surface area contributed by atoms with Crippen molar-refractivity contribution in [3.8, 4) is 6.07 Å². The maximum absolute atomic E-state index is 8.46. The van der Waals surface area contributed by atoms with Crippen molar-refractivity contribution in [2.45, 2.75) is 26.7 Å². The van der Waals surface area contributed by atoms with Crippen LogP contribution in [0, 0.1) is 18.3 Å². The van der Waals surface area contributed by atoms with Crippen molar-refractivity contribution in [2.75, 3.05) is 0 Å². The van der Waals surface area contributed by atoms with E-state index in [1.54, 1.807) is 6.20 Å². The van der Waals surface area contributed by atoms with Gasteiger partial charge in [-0.1, -0.05) is 13.0 Å². The largest absolute Gasteiger partial charge is 0.261 e. The summed E-state index contributed by atoms with van der Waals surface area (Å²) >= 11 is 0. The third-order valence-corrected chi connectivity index (χ3v) is 1.86. The molecule has 0 saturated carbocycles. The summed E-state index contributed by atoms with van der Waals surface area (Å²) in [4.78, 5) is 4.26. The first-order chi connectivity index (χ1) is 5.77. The van der Waals surface area contributed by atoms with Crippen LogP contribution in [0.3, 0.4) is 0 Å². The molecule has 0 amide bonds. The SMILES string of the molecule is CCc1ncc(CC#N)cc1C. The van der Waals surface area contributed by atoms with Crippen molar-refractivity contribution in [3.05, 3.63) is 29.1 Å². The second kappa shape index (κ2) is 3.87. The Morgan fingerprint density at radius 2 is 2.33 bits per heavy atom. The molecule has 1 heterocycles. The fraction of sp³-hybridized carbons (Fsp3) is 0.400. The number of aromatic nitrogens is 1. The van der Waals surface area contributed by atoms with Gasteiger partial charge in [-0.3, -0.25) is 4.98 Å². The molecule has 0 unspecified atom stereocenters. The van der Waals surface area contributed by atoms with Crippen LogP contribution in [0.2, 0.25) is 0 Å². The molecule has 1 rings (SSSR count). The number of aryl methyl sites for hydroxylation is 2. The topological polar surface area (TPSA) is 36.7 Å². The molecule has 0 aliphatic carbocycles. The van der Waals surface area contributed by atoms with E-state index in [0.29, 0.717) is 6.42 Å². The molecule has 0 aromatic carbocycles. The van der Waals surface area contributed by atoms with Gasteiger partial charge in [0.2, 0.25) is 0 Å². The molecular formula is C10H12N2. The fourth-order valence-corrected chi connectivity index (χ4v) is 1.22. The molecule has 0 spiro atoms. The third kappa shape index (κ3) is 1.82. The Hall–Kier alpha value is -1.36. The van der Waals surface area contributed by atoms with Crippen LogP contribution in [0.15, 0.2) is 12.3 Å². The van der Waals surface area contributed by atoms with Gasteiger partial charge in [0.15, 0.2) is 0 Å². The van der Waals surface area contributed by atoms with Gasteiger partial charge in [0.05, 0.1) is 12.5 Å². The lowest BCUT2D eigenvalue weighted by molar-refractivity contribution is 0.992. The fourth-order valence-electron chi connectivity index (χ4n) is 1.22. The average molecular weight is 160 g/mol. The lowest BCUT2D eigenvalue weighted by Crippen LogP contribution is -1.94. The van der Waals surface area contributed by atoms with E-state index < -0.39 is 0 Å².